The van der Waals surface area contributed by atoms with E-state index in [-0.39, 0.29) is 6.03 Å². The second-order valence-corrected chi connectivity index (χ2v) is 6.60. The molecule has 4 nitrogen and oxygen atoms in total. The molecular weight excluding hydrogens is 336 g/mol. The lowest BCUT2D eigenvalue weighted by molar-refractivity contribution is 0.208. The summed E-state index contributed by atoms with van der Waals surface area (Å²) in [6.07, 6.45) is 2.30. The zero-order valence-corrected chi connectivity index (χ0v) is 15.0. The number of nitrogens with zero attached hydrogens (tertiary/aromatic N) is 2. The van der Waals surface area contributed by atoms with E-state index in [0.29, 0.717) is 5.56 Å². The van der Waals surface area contributed by atoms with Gasteiger partial charge in [0.25, 0.3) is 0 Å². The largest absolute Gasteiger partial charge is 0.370 e. The highest BCUT2D eigenvalue weighted by Gasteiger charge is 2.21. The Bertz CT molecular complexity index is 790. The number of hydrogen-bond acceptors (Lipinski definition) is 2. The van der Waals surface area contributed by atoms with Crippen LogP contribution in [-0.2, 0) is 0 Å². The van der Waals surface area contributed by atoms with Crippen LogP contribution < -0.4 is 10.2 Å². The summed E-state index contributed by atoms with van der Waals surface area (Å²) in [7, 11) is 1.64. The van der Waals surface area contributed by atoms with Crippen LogP contribution in [0, 0.1) is 11.6 Å². The summed E-state index contributed by atoms with van der Waals surface area (Å²) in [6, 6.07) is 10.7. The van der Waals surface area contributed by atoms with Crippen molar-refractivity contribution in [2.24, 2.45) is 0 Å². The van der Waals surface area contributed by atoms with Crippen LogP contribution in [0.2, 0.25) is 0 Å². The number of rotatable bonds is 4. The summed E-state index contributed by atoms with van der Waals surface area (Å²) in [5.41, 5.74) is 2.30. The third-order valence-electron chi connectivity index (χ3n) is 4.92. The maximum absolute atomic E-state index is 13.5. The van der Waals surface area contributed by atoms with Crippen molar-refractivity contribution in [2.75, 3.05) is 30.4 Å². The first-order valence-electron chi connectivity index (χ1n) is 8.80. The van der Waals surface area contributed by atoms with E-state index < -0.39 is 17.7 Å². The Labute approximate surface area is 152 Å². The van der Waals surface area contributed by atoms with Crippen LogP contribution >= 0.6 is 0 Å². The summed E-state index contributed by atoms with van der Waals surface area (Å²) in [5.74, 6) is -1.81. The minimum absolute atomic E-state index is 0.297. The number of halogens is 2. The van der Waals surface area contributed by atoms with Gasteiger partial charge in [0, 0.05) is 20.1 Å². The normalized spacial score (nSPS) is 15.0. The van der Waals surface area contributed by atoms with Gasteiger partial charge in [-0.25, -0.2) is 13.6 Å². The second-order valence-electron chi connectivity index (χ2n) is 6.60. The first-order chi connectivity index (χ1) is 12.5. The van der Waals surface area contributed by atoms with Gasteiger partial charge in [0.2, 0.25) is 0 Å². The van der Waals surface area contributed by atoms with Crippen LogP contribution in [0.4, 0.5) is 25.0 Å². The van der Waals surface area contributed by atoms with Crippen LogP contribution in [0.25, 0.3) is 0 Å². The van der Waals surface area contributed by atoms with Crippen molar-refractivity contribution in [1.29, 1.82) is 0 Å². The van der Waals surface area contributed by atoms with Crippen molar-refractivity contribution >= 4 is 17.4 Å². The third-order valence-corrected chi connectivity index (χ3v) is 4.92. The highest BCUT2D eigenvalue weighted by molar-refractivity contribution is 5.93. The fraction of sp³-hybridized carbons (Fsp3) is 0.350. The molecule has 1 fully saturated rings. The molecule has 0 bridgehead atoms. The molecule has 6 heteroatoms. The maximum atomic E-state index is 13.5. The van der Waals surface area contributed by atoms with Gasteiger partial charge in [-0.05, 0) is 49.6 Å². The molecule has 0 spiro atoms. The molecule has 1 N–H and O–H groups in total. The zero-order chi connectivity index (χ0) is 18.7. The van der Waals surface area contributed by atoms with Gasteiger partial charge >= 0.3 is 6.03 Å². The smallest absolute Gasteiger partial charge is 0.322 e. The molecular formula is C20H23F2N3O. The van der Waals surface area contributed by atoms with Crippen molar-refractivity contribution < 1.29 is 13.6 Å². The molecule has 26 heavy (non-hydrogen) atoms. The van der Waals surface area contributed by atoms with E-state index in [9.17, 15) is 13.6 Å². The topological polar surface area (TPSA) is 35.6 Å². The summed E-state index contributed by atoms with van der Waals surface area (Å²) in [5, 5.41) is 2.94. The van der Waals surface area contributed by atoms with E-state index in [0.717, 1.165) is 49.4 Å². The van der Waals surface area contributed by atoms with E-state index in [1.807, 2.05) is 24.3 Å². The molecule has 138 valence electrons. The van der Waals surface area contributed by atoms with E-state index in [1.54, 1.807) is 14.0 Å². The average molecular weight is 359 g/mol. The molecule has 1 saturated heterocycles. The van der Waals surface area contributed by atoms with Gasteiger partial charge in [0.05, 0.1) is 17.4 Å². The number of benzene rings is 2. The Balaban J connectivity index is 1.74. The van der Waals surface area contributed by atoms with Gasteiger partial charge in [0.1, 0.15) is 0 Å². The molecule has 0 aromatic heterocycles. The van der Waals surface area contributed by atoms with E-state index in [2.05, 4.69) is 10.2 Å². The first kappa shape index (κ1) is 18.2. The van der Waals surface area contributed by atoms with E-state index in [4.69, 9.17) is 0 Å². The van der Waals surface area contributed by atoms with Crippen LogP contribution in [0.5, 0.6) is 0 Å². The first-order valence-corrected chi connectivity index (χ1v) is 8.80. The highest BCUT2D eigenvalue weighted by Crippen LogP contribution is 2.29. The SMILES string of the molecule is C[C@@H](c1ccc(F)c(F)c1)N(C)C(=O)Nc1ccccc1N1CCCC1. The van der Waals surface area contributed by atoms with Crippen molar-refractivity contribution in [1.82, 2.24) is 4.90 Å². The average Bonchev–Trinajstić information content (AvgIpc) is 3.17. The predicted molar refractivity (Wildman–Crippen MR) is 99.4 cm³/mol. The van der Waals surface area contributed by atoms with Crippen molar-refractivity contribution in [2.45, 2.75) is 25.8 Å². The Kier molecular flexibility index (Phi) is 5.40. The number of urea groups is 1. The minimum Gasteiger partial charge on any atom is -0.370 e. The van der Waals surface area contributed by atoms with E-state index >= 15 is 0 Å². The van der Waals surface area contributed by atoms with Crippen molar-refractivity contribution in [3.8, 4) is 0 Å². The van der Waals surface area contributed by atoms with Crippen LogP contribution in [-0.4, -0.2) is 31.1 Å². The molecule has 1 heterocycles. The molecule has 0 unspecified atom stereocenters. The molecule has 0 radical (unpaired) electrons. The van der Waals surface area contributed by atoms with Gasteiger partial charge in [-0.2, -0.15) is 0 Å². The third kappa shape index (κ3) is 3.79. The lowest BCUT2D eigenvalue weighted by Crippen LogP contribution is -2.34. The molecule has 0 saturated carbocycles. The predicted octanol–water partition coefficient (Wildman–Crippen LogP) is 4.79. The summed E-state index contributed by atoms with van der Waals surface area (Å²) in [4.78, 5) is 16.4. The van der Waals surface area contributed by atoms with Gasteiger partial charge in [-0.15, -0.1) is 0 Å². The Morgan fingerprint density at radius 3 is 2.50 bits per heavy atom. The Morgan fingerprint density at radius 2 is 1.81 bits per heavy atom. The van der Waals surface area contributed by atoms with Gasteiger partial charge < -0.3 is 15.1 Å². The Hall–Kier alpha value is -2.63. The summed E-state index contributed by atoms with van der Waals surface area (Å²) < 4.78 is 26.6. The standard InChI is InChI=1S/C20H23F2N3O/c1-14(15-9-10-16(21)17(22)13-15)24(2)20(26)23-18-7-3-4-8-19(18)25-11-5-6-12-25/h3-4,7-10,13-14H,5-6,11-12H2,1-2H3,(H,23,26)/t14-/m0/s1. The second kappa shape index (κ2) is 7.72. The number of anilines is 2. The minimum atomic E-state index is -0.914. The van der Waals surface area contributed by atoms with Crippen molar-refractivity contribution in [3.05, 3.63) is 59.7 Å². The van der Waals surface area contributed by atoms with Crippen LogP contribution in [0.3, 0.4) is 0 Å². The number of carbonyl (C=O) groups excluding carboxylic acids is 1. The lowest BCUT2D eigenvalue weighted by Gasteiger charge is -2.27. The zero-order valence-electron chi connectivity index (χ0n) is 15.0. The molecule has 2 aromatic carbocycles. The molecule has 2 aromatic rings. The monoisotopic (exact) mass is 359 g/mol. The molecule has 1 aliphatic rings. The molecule has 1 aliphatic heterocycles. The number of amides is 2. The number of para-hydroxylation sites is 2. The van der Waals surface area contributed by atoms with Crippen LogP contribution in [0.1, 0.15) is 31.4 Å². The fourth-order valence-corrected chi connectivity index (χ4v) is 3.19. The van der Waals surface area contributed by atoms with Gasteiger partial charge in [0.15, 0.2) is 11.6 Å². The Morgan fingerprint density at radius 1 is 1.12 bits per heavy atom. The van der Waals surface area contributed by atoms with Gasteiger partial charge in [-0.3, -0.25) is 0 Å². The fourth-order valence-electron chi connectivity index (χ4n) is 3.19. The number of hydrogen-bond donors (Lipinski definition) is 1. The number of nitrogens with one attached hydrogen (secondary N) is 1. The highest BCUT2D eigenvalue weighted by atomic mass is 19.2. The molecule has 1 atom stereocenters. The van der Waals surface area contributed by atoms with E-state index in [1.165, 1.54) is 11.0 Å². The van der Waals surface area contributed by atoms with Gasteiger partial charge in [-0.1, -0.05) is 18.2 Å². The number of carbonyl (C=O) groups is 1. The quantitative estimate of drug-likeness (QED) is 0.852. The summed E-state index contributed by atoms with van der Waals surface area (Å²) >= 11 is 0. The van der Waals surface area contributed by atoms with Crippen molar-refractivity contribution in [3.63, 3.8) is 0 Å². The maximum Gasteiger partial charge on any atom is 0.322 e. The molecule has 3 rings (SSSR count). The lowest BCUT2D eigenvalue weighted by atomic mass is 10.1. The summed E-state index contributed by atoms with van der Waals surface area (Å²) in [6.45, 7) is 3.74. The molecule has 2 amide bonds. The molecule has 0 aliphatic carbocycles. The van der Waals surface area contributed by atoms with Crippen LogP contribution in [0.15, 0.2) is 42.5 Å².